The van der Waals surface area contributed by atoms with Gasteiger partial charge in [0.2, 0.25) is 6.41 Å². The lowest BCUT2D eigenvalue weighted by molar-refractivity contribution is -0.109. The number of rotatable bonds is 12. The van der Waals surface area contributed by atoms with E-state index >= 15 is 0 Å². The third kappa shape index (κ3) is 9.13. The van der Waals surface area contributed by atoms with E-state index in [2.05, 4.69) is 107 Å². The zero-order valence-corrected chi connectivity index (χ0v) is 23.6. The van der Waals surface area contributed by atoms with Crippen molar-refractivity contribution in [3.8, 4) is 0 Å². The standard InChI is InChI=1S/C25H30.C8H16N2O/c1-7-22-14-12-21(17-25(22)19(4)5)13-15-23(16-18(2)3)24-11-9-8-10-20(24)6;1-5-8(3,9-4)7(2)10-6-11/h8-12,14,16-17H,2,4,7,13,15H2,1,3,5-6H3;6,9H,2,5H2,1,3-4H3,(H,10,11)/b23-16-;. The average Bonchev–Trinajstić information content (AvgIpc) is 2.86. The molecule has 0 aromatic heterocycles. The molecule has 0 spiro atoms. The van der Waals surface area contributed by atoms with Crippen molar-refractivity contribution < 1.29 is 4.79 Å². The van der Waals surface area contributed by atoms with Gasteiger partial charge in [0.05, 0.1) is 5.54 Å². The molecule has 194 valence electrons. The molecule has 2 N–H and O–H groups in total. The van der Waals surface area contributed by atoms with Crippen LogP contribution in [0.1, 0.15) is 75.3 Å². The van der Waals surface area contributed by atoms with Gasteiger partial charge in [-0.2, -0.15) is 0 Å². The van der Waals surface area contributed by atoms with Gasteiger partial charge in [-0.1, -0.05) is 93.3 Å². The van der Waals surface area contributed by atoms with Crippen LogP contribution in [0.2, 0.25) is 0 Å². The van der Waals surface area contributed by atoms with Crippen molar-refractivity contribution in [3.05, 3.63) is 107 Å². The maximum atomic E-state index is 10.1. The molecule has 36 heavy (non-hydrogen) atoms. The van der Waals surface area contributed by atoms with Crippen molar-refractivity contribution in [1.82, 2.24) is 10.6 Å². The third-order valence-corrected chi connectivity index (χ3v) is 6.77. The molecule has 0 saturated heterocycles. The van der Waals surface area contributed by atoms with E-state index < -0.39 is 0 Å². The first-order chi connectivity index (χ1) is 17.0. The van der Waals surface area contributed by atoms with E-state index in [1.807, 2.05) is 20.9 Å². The molecule has 0 aliphatic heterocycles. The summed E-state index contributed by atoms with van der Waals surface area (Å²) >= 11 is 0. The SMILES string of the molecule is C=C(C)/C=C(/CCc1ccc(CC)c(C(=C)C)c1)c1ccccc1C.C=C(NC=O)C(C)(CC)NC. The molecule has 3 heteroatoms. The number of carbonyl (C=O) groups excluding carboxylic acids is 1. The van der Waals surface area contributed by atoms with Gasteiger partial charge in [-0.25, -0.2) is 0 Å². The lowest BCUT2D eigenvalue weighted by Gasteiger charge is -2.29. The summed E-state index contributed by atoms with van der Waals surface area (Å²) in [5, 5.41) is 5.64. The normalized spacial score (nSPS) is 12.6. The predicted octanol–water partition coefficient (Wildman–Crippen LogP) is 7.82. The van der Waals surface area contributed by atoms with Crippen molar-refractivity contribution in [2.75, 3.05) is 7.05 Å². The zero-order valence-electron chi connectivity index (χ0n) is 23.6. The van der Waals surface area contributed by atoms with E-state index in [9.17, 15) is 4.79 Å². The highest BCUT2D eigenvalue weighted by atomic mass is 16.1. The number of likely N-dealkylation sites (N-methyl/N-ethyl adjacent to an activating group) is 1. The third-order valence-electron chi connectivity index (χ3n) is 6.77. The van der Waals surface area contributed by atoms with Crippen molar-refractivity contribution in [2.24, 2.45) is 0 Å². The molecule has 0 bridgehead atoms. The molecule has 2 aromatic rings. The number of nitrogens with one attached hydrogen (secondary N) is 2. The van der Waals surface area contributed by atoms with Gasteiger partial charge in [0.15, 0.2) is 0 Å². The van der Waals surface area contributed by atoms with Crippen LogP contribution < -0.4 is 10.6 Å². The highest BCUT2D eigenvalue weighted by Gasteiger charge is 2.22. The highest BCUT2D eigenvalue weighted by Crippen LogP contribution is 2.27. The fourth-order valence-corrected chi connectivity index (χ4v) is 4.05. The molecule has 0 heterocycles. The minimum absolute atomic E-state index is 0.194. The molecule has 1 amide bonds. The Kier molecular flexibility index (Phi) is 12.9. The van der Waals surface area contributed by atoms with E-state index in [-0.39, 0.29) is 5.54 Å². The second-order valence-electron chi connectivity index (χ2n) is 9.63. The van der Waals surface area contributed by atoms with Gasteiger partial charge in [0, 0.05) is 5.70 Å². The minimum atomic E-state index is -0.194. The Morgan fingerprint density at radius 1 is 1.03 bits per heavy atom. The van der Waals surface area contributed by atoms with E-state index in [4.69, 9.17) is 0 Å². The topological polar surface area (TPSA) is 41.1 Å². The summed E-state index contributed by atoms with van der Waals surface area (Å²) in [4.78, 5) is 10.1. The summed E-state index contributed by atoms with van der Waals surface area (Å²) in [5.74, 6) is 0. The summed E-state index contributed by atoms with van der Waals surface area (Å²) in [6.45, 7) is 24.5. The van der Waals surface area contributed by atoms with Crippen LogP contribution in [0.3, 0.4) is 0 Å². The summed E-state index contributed by atoms with van der Waals surface area (Å²) in [7, 11) is 1.85. The van der Waals surface area contributed by atoms with Gasteiger partial charge in [0.25, 0.3) is 0 Å². The Balaban J connectivity index is 0.000000497. The molecule has 2 rings (SSSR count). The fourth-order valence-electron chi connectivity index (χ4n) is 4.05. The number of benzene rings is 2. The van der Waals surface area contributed by atoms with Gasteiger partial charge in [-0.15, -0.1) is 0 Å². The van der Waals surface area contributed by atoms with E-state index in [0.717, 1.165) is 36.8 Å². The maximum Gasteiger partial charge on any atom is 0.211 e. The molecule has 0 aliphatic carbocycles. The van der Waals surface area contributed by atoms with Gasteiger partial charge in [-0.05, 0) is 93.8 Å². The first-order valence-electron chi connectivity index (χ1n) is 12.8. The molecule has 0 radical (unpaired) electrons. The minimum Gasteiger partial charge on any atom is -0.331 e. The average molecular weight is 487 g/mol. The van der Waals surface area contributed by atoms with Crippen LogP contribution in [0.25, 0.3) is 11.1 Å². The zero-order chi connectivity index (χ0) is 27.3. The number of aryl methyl sites for hydroxylation is 3. The van der Waals surface area contributed by atoms with Crippen LogP contribution in [-0.4, -0.2) is 19.0 Å². The van der Waals surface area contributed by atoms with E-state index in [1.54, 1.807) is 0 Å². The van der Waals surface area contributed by atoms with Crippen molar-refractivity contribution in [1.29, 1.82) is 0 Å². The Labute approximate surface area is 220 Å². The Morgan fingerprint density at radius 2 is 1.69 bits per heavy atom. The van der Waals surface area contributed by atoms with Crippen LogP contribution in [0, 0.1) is 6.92 Å². The van der Waals surface area contributed by atoms with Crippen LogP contribution in [-0.2, 0) is 17.6 Å². The number of hydrogen-bond donors (Lipinski definition) is 2. The van der Waals surface area contributed by atoms with E-state index in [1.165, 1.54) is 33.4 Å². The fraction of sp³-hybridized carbons (Fsp3) is 0.364. The number of allylic oxidation sites excluding steroid dienone is 4. The Hall–Kier alpha value is -3.17. The van der Waals surface area contributed by atoms with Crippen LogP contribution >= 0.6 is 0 Å². The summed E-state index contributed by atoms with van der Waals surface area (Å²) < 4.78 is 0. The quantitative estimate of drug-likeness (QED) is 0.237. The smallest absolute Gasteiger partial charge is 0.211 e. The first kappa shape index (κ1) is 30.9. The molecule has 1 unspecified atom stereocenters. The Morgan fingerprint density at radius 3 is 2.19 bits per heavy atom. The molecular formula is C33H46N2O. The van der Waals surface area contributed by atoms with Crippen LogP contribution in [0.4, 0.5) is 0 Å². The van der Waals surface area contributed by atoms with Crippen LogP contribution in [0.5, 0.6) is 0 Å². The molecule has 0 fully saturated rings. The summed E-state index contributed by atoms with van der Waals surface area (Å²) in [5.41, 5.74) is 10.8. The molecular weight excluding hydrogens is 440 g/mol. The monoisotopic (exact) mass is 486 g/mol. The molecule has 2 aromatic carbocycles. The summed E-state index contributed by atoms with van der Waals surface area (Å²) in [6, 6.07) is 15.4. The number of amides is 1. The van der Waals surface area contributed by atoms with E-state index in [0.29, 0.717) is 12.1 Å². The van der Waals surface area contributed by atoms with Gasteiger partial charge >= 0.3 is 0 Å². The lowest BCUT2D eigenvalue weighted by Crippen LogP contribution is -2.45. The van der Waals surface area contributed by atoms with Crippen molar-refractivity contribution in [2.45, 2.75) is 72.8 Å². The highest BCUT2D eigenvalue weighted by molar-refractivity contribution is 5.71. The molecule has 3 nitrogen and oxygen atoms in total. The number of carbonyl (C=O) groups is 1. The largest absolute Gasteiger partial charge is 0.331 e. The molecule has 1 atom stereocenters. The maximum absolute atomic E-state index is 10.1. The molecule has 0 aliphatic rings. The number of hydrogen-bond acceptors (Lipinski definition) is 2. The lowest BCUT2D eigenvalue weighted by atomic mass is 9.91. The van der Waals surface area contributed by atoms with Gasteiger partial charge in [-0.3, -0.25) is 4.79 Å². The first-order valence-corrected chi connectivity index (χ1v) is 12.8. The second-order valence-corrected chi connectivity index (χ2v) is 9.63. The van der Waals surface area contributed by atoms with Gasteiger partial charge < -0.3 is 10.6 Å². The Bertz CT molecular complexity index is 1090. The molecule has 0 saturated carbocycles. The van der Waals surface area contributed by atoms with Crippen molar-refractivity contribution >= 4 is 17.6 Å². The van der Waals surface area contributed by atoms with Gasteiger partial charge in [0.1, 0.15) is 0 Å². The van der Waals surface area contributed by atoms with Crippen molar-refractivity contribution in [3.63, 3.8) is 0 Å². The summed E-state index contributed by atoms with van der Waals surface area (Å²) in [6.07, 6.45) is 6.85. The predicted molar refractivity (Wildman–Crippen MR) is 159 cm³/mol. The second kappa shape index (κ2) is 15.1. The van der Waals surface area contributed by atoms with Crippen LogP contribution in [0.15, 0.2) is 79.5 Å².